The lowest BCUT2D eigenvalue weighted by molar-refractivity contribution is 0.324. The van der Waals surface area contributed by atoms with E-state index in [9.17, 15) is 0 Å². The molecule has 0 aromatic heterocycles. The molecule has 1 aliphatic carbocycles. The van der Waals surface area contributed by atoms with Crippen LogP contribution in [-0.2, 0) is 0 Å². The monoisotopic (exact) mass is 139 g/mol. The lowest BCUT2D eigenvalue weighted by Crippen LogP contribution is -2.20. The summed E-state index contributed by atoms with van der Waals surface area (Å²) in [6.45, 7) is 4.97. The largest absolute Gasteiger partial charge is 0.316 e. The fraction of sp³-hybridized carbons (Fsp3) is 1.00. The first-order valence-electron chi connectivity index (χ1n) is 4.52. The molecule has 1 aliphatic heterocycles. The predicted molar refractivity (Wildman–Crippen MR) is 42.9 cm³/mol. The van der Waals surface area contributed by atoms with Gasteiger partial charge in [-0.25, -0.2) is 0 Å². The van der Waals surface area contributed by atoms with Crippen LogP contribution in [0.1, 0.15) is 32.6 Å². The van der Waals surface area contributed by atoms with Crippen molar-refractivity contribution in [2.45, 2.75) is 32.6 Å². The Morgan fingerprint density at radius 1 is 1.40 bits per heavy atom. The summed E-state index contributed by atoms with van der Waals surface area (Å²) in [6.07, 6.45) is 5.89. The van der Waals surface area contributed by atoms with Gasteiger partial charge in [0.2, 0.25) is 0 Å². The molecule has 58 valence electrons. The normalized spacial score (nSPS) is 47.1. The van der Waals surface area contributed by atoms with E-state index in [-0.39, 0.29) is 0 Å². The van der Waals surface area contributed by atoms with Crippen molar-refractivity contribution in [2.24, 2.45) is 11.3 Å². The van der Waals surface area contributed by atoms with Crippen LogP contribution in [0.15, 0.2) is 0 Å². The van der Waals surface area contributed by atoms with Crippen molar-refractivity contribution >= 4 is 0 Å². The first-order chi connectivity index (χ1) is 4.81. The summed E-state index contributed by atoms with van der Waals surface area (Å²) in [4.78, 5) is 0. The molecule has 1 nitrogen and oxygen atoms in total. The van der Waals surface area contributed by atoms with Gasteiger partial charge in [-0.3, -0.25) is 0 Å². The molecule has 2 fully saturated rings. The maximum atomic E-state index is 3.48. The van der Waals surface area contributed by atoms with E-state index in [2.05, 4.69) is 12.2 Å². The highest BCUT2D eigenvalue weighted by Crippen LogP contribution is 2.45. The molecule has 0 bridgehead atoms. The first-order valence-corrected chi connectivity index (χ1v) is 4.52. The van der Waals surface area contributed by atoms with Crippen LogP contribution in [-0.4, -0.2) is 13.1 Å². The van der Waals surface area contributed by atoms with E-state index in [0.717, 1.165) is 11.3 Å². The molecular weight excluding hydrogens is 122 g/mol. The van der Waals surface area contributed by atoms with Gasteiger partial charge in [-0.05, 0) is 37.1 Å². The minimum absolute atomic E-state index is 0.749. The average Bonchev–Trinajstić information content (AvgIpc) is 2.46. The van der Waals surface area contributed by atoms with Crippen LogP contribution < -0.4 is 5.32 Å². The van der Waals surface area contributed by atoms with Gasteiger partial charge in [0, 0.05) is 6.54 Å². The lowest BCUT2D eigenvalue weighted by atomic mass is 9.85. The highest BCUT2D eigenvalue weighted by atomic mass is 14.9. The molecular formula is C9H17N. The molecule has 2 aliphatic rings. The molecule has 1 heterocycles. The second-order valence-corrected chi connectivity index (χ2v) is 4.27. The topological polar surface area (TPSA) is 12.0 Å². The highest BCUT2D eigenvalue weighted by molar-refractivity contribution is 4.93. The van der Waals surface area contributed by atoms with Crippen LogP contribution in [0.4, 0.5) is 0 Å². The second kappa shape index (κ2) is 2.23. The van der Waals surface area contributed by atoms with Crippen molar-refractivity contribution in [1.29, 1.82) is 0 Å². The van der Waals surface area contributed by atoms with Gasteiger partial charge >= 0.3 is 0 Å². The van der Waals surface area contributed by atoms with E-state index in [1.807, 2.05) is 0 Å². The predicted octanol–water partition coefficient (Wildman–Crippen LogP) is 1.79. The molecule has 1 spiro atoms. The molecule has 2 atom stereocenters. The summed E-state index contributed by atoms with van der Waals surface area (Å²) in [5.74, 6) is 1.000. The van der Waals surface area contributed by atoms with Crippen molar-refractivity contribution in [3.05, 3.63) is 0 Å². The quantitative estimate of drug-likeness (QED) is 0.539. The van der Waals surface area contributed by atoms with E-state index < -0.39 is 0 Å². The zero-order valence-electron chi connectivity index (χ0n) is 6.82. The third kappa shape index (κ3) is 0.968. The van der Waals surface area contributed by atoms with Gasteiger partial charge in [0.15, 0.2) is 0 Å². The van der Waals surface area contributed by atoms with Gasteiger partial charge in [-0.15, -0.1) is 0 Å². The summed E-state index contributed by atoms with van der Waals surface area (Å²) in [5.41, 5.74) is 0.749. The Labute approximate surface area is 63.2 Å². The zero-order valence-corrected chi connectivity index (χ0v) is 6.82. The smallest absolute Gasteiger partial charge is 0.000839 e. The molecule has 0 amide bonds. The van der Waals surface area contributed by atoms with Crippen molar-refractivity contribution in [3.8, 4) is 0 Å². The lowest BCUT2D eigenvalue weighted by Gasteiger charge is -2.20. The fourth-order valence-corrected chi connectivity index (χ4v) is 2.68. The molecule has 0 aromatic carbocycles. The first kappa shape index (κ1) is 6.66. The second-order valence-electron chi connectivity index (χ2n) is 4.27. The maximum Gasteiger partial charge on any atom is 0.000839 e. The minimum atomic E-state index is 0.749. The molecule has 0 aromatic rings. The van der Waals surface area contributed by atoms with Crippen molar-refractivity contribution < 1.29 is 0 Å². The molecule has 1 saturated carbocycles. The molecule has 10 heavy (non-hydrogen) atoms. The average molecular weight is 139 g/mol. The Morgan fingerprint density at radius 3 is 2.80 bits per heavy atom. The summed E-state index contributed by atoms with van der Waals surface area (Å²) >= 11 is 0. The Morgan fingerprint density at radius 2 is 2.30 bits per heavy atom. The van der Waals surface area contributed by atoms with Gasteiger partial charge in [-0.1, -0.05) is 13.3 Å². The highest BCUT2D eigenvalue weighted by Gasteiger charge is 2.39. The van der Waals surface area contributed by atoms with Gasteiger partial charge in [0.1, 0.15) is 0 Å². The van der Waals surface area contributed by atoms with Crippen molar-refractivity contribution in [2.75, 3.05) is 13.1 Å². The summed E-state index contributed by atoms with van der Waals surface area (Å²) in [7, 11) is 0. The van der Waals surface area contributed by atoms with Gasteiger partial charge in [0.05, 0.1) is 0 Å². The number of rotatable bonds is 0. The van der Waals surface area contributed by atoms with Crippen LogP contribution in [0.5, 0.6) is 0 Å². The van der Waals surface area contributed by atoms with Crippen LogP contribution in [0.2, 0.25) is 0 Å². The third-order valence-electron chi connectivity index (χ3n) is 3.28. The summed E-state index contributed by atoms with van der Waals surface area (Å²) in [5, 5.41) is 3.48. The molecule has 1 N–H and O–H groups in total. The van der Waals surface area contributed by atoms with Crippen LogP contribution in [0.3, 0.4) is 0 Å². The molecule has 2 rings (SSSR count). The van der Waals surface area contributed by atoms with Crippen molar-refractivity contribution in [1.82, 2.24) is 5.32 Å². The summed E-state index contributed by atoms with van der Waals surface area (Å²) in [6, 6.07) is 0. The Kier molecular flexibility index (Phi) is 1.48. The van der Waals surface area contributed by atoms with E-state index in [1.165, 1.54) is 38.8 Å². The SMILES string of the molecule is CC1CCC2(CCNC2)C1. The fourth-order valence-electron chi connectivity index (χ4n) is 2.68. The Hall–Kier alpha value is -0.0400. The van der Waals surface area contributed by atoms with Crippen LogP contribution in [0, 0.1) is 11.3 Å². The van der Waals surface area contributed by atoms with Gasteiger partial charge < -0.3 is 5.32 Å². The van der Waals surface area contributed by atoms with Crippen LogP contribution >= 0.6 is 0 Å². The van der Waals surface area contributed by atoms with Gasteiger partial charge in [-0.2, -0.15) is 0 Å². The van der Waals surface area contributed by atoms with Crippen molar-refractivity contribution in [3.63, 3.8) is 0 Å². The maximum absolute atomic E-state index is 3.48. The summed E-state index contributed by atoms with van der Waals surface area (Å²) < 4.78 is 0. The number of hydrogen-bond acceptors (Lipinski definition) is 1. The molecule has 2 unspecified atom stereocenters. The number of hydrogen-bond donors (Lipinski definition) is 1. The molecule has 1 saturated heterocycles. The Bertz CT molecular complexity index is 125. The van der Waals surface area contributed by atoms with Crippen LogP contribution in [0.25, 0.3) is 0 Å². The minimum Gasteiger partial charge on any atom is -0.316 e. The standard InChI is InChI=1S/C9H17N/c1-8-2-3-9(6-8)4-5-10-7-9/h8,10H,2-7H2,1H3. The van der Waals surface area contributed by atoms with E-state index in [4.69, 9.17) is 0 Å². The zero-order chi connectivity index (χ0) is 7.03. The molecule has 0 radical (unpaired) electrons. The van der Waals surface area contributed by atoms with E-state index in [0.29, 0.717) is 0 Å². The third-order valence-corrected chi connectivity index (χ3v) is 3.28. The van der Waals surface area contributed by atoms with Gasteiger partial charge in [0.25, 0.3) is 0 Å². The van der Waals surface area contributed by atoms with E-state index >= 15 is 0 Å². The van der Waals surface area contributed by atoms with E-state index in [1.54, 1.807) is 0 Å². The Balaban J connectivity index is 2.03. The molecule has 1 heteroatoms. The number of nitrogens with one attached hydrogen (secondary N) is 1.